The van der Waals surface area contributed by atoms with E-state index in [1.165, 1.54) is 18.2 Å². The number of nitriles is 1. The zero-order valence-electron chi connectivity index (χ0n) is 18.9. The van der Waals surface area contributed by atoms with Gasteiger partial charge in [-0.3, -0.25) is 4.79 Å². The van der Waals surface area contributed by atoms with Crippen molar-refractivity contribution in [3.05, 3.63) is 101 Å². The Morgan fingerprint density at radius 2 is 1.73 bits per heavy atom. The molecule has 0 radical (unpaired) electrons. The lowest BCUT2D eigenvalue weighted by molar-refractivity contribution is -0.151. The van der Waals surface area contributed by atoms with Crippen LogP contribution in [-0.4, -0.2) is 5.97 Å². The maximum atomic E-state index is 14.3. The molecule has 0 aliphatic heterocycles. The van der Waals surface area contributed by atoms with Crippen molar-refractivity contribution in [2.24, 2.45) is 11.8 Å². The fraction of sp³-hybridized carbons (Fsp3) is 0.214. The molecule has 4 nitrogen and oxygen atoms in total. The number of halogens is 1. The van der Waals surface area contributed by atoms with E-state index in [-0.39, 0.29) is 11.7 Å². The van der Waals surface area contributed by atoms with Crippen LogP contribution in [0.25, 0.3) is 6.08 Å². The Morgan fingerprint density at radius 3 is 2.36 bits per heavy atom. The van der Waals surface area contributed by atoms with Gasteiger partial charge in [-0.1, -0.05) is 80.1 Å². The van der Waals surface area contributed by atoms with Gasteiger partial charge in [-0.25, -0.2) is 4.39 Å². The summed E-state index contributed by atoms with van der Waals surface area (Å²) in [6.07, 6.45) is 2.47. The number of para-hydroxylation sites is 1. The monoisotopic (exact) mass is 443 g/mol. The lowest BCUT2D eigenvalue weighted by Crippen LogP contribution is -2.22. The second-order valence-electron chi connectivity index (χ2n) is 8.09. The molecule has 0 N–H and O–H groups in total. The van der Waals surface area contributed by atoms with Crippen molar-refractivity contribution >= 4 is 12.0 Å². The molecule has 3 aromatic rings. The first-order valence-corrected chi connectivity index (χ1v) is 10.7. The topological polar surface area (TPSA) is 59.3 Å². The van der Waals surface area contributed by atoms with E-state index < -0.39 is 23.8 Å². The number of esters is 1. The number of carbonyl (C=O) groups excluding carboxylic acids is 1. The normalized spacial score (nSPS) is 12.8. The van der Waals surface area contributed by atoms with Crippen molar-refractivity contribution in [3.63, 3.8) is 0 Å². The molecule has 2 atom stereocenters. The van der Waals surface area contributed by atoms with Crippen LogP contribution in [0.3, 0.4) is 0 Å². The molecule has 5 heteroatoms. The predicted molar refractivity (Wildman–Crippen MR) is 126 cm³/mol. The van der Waals surface area contributed by atoms with Gasteiger partial charge in [-0.15, -0.1) is 0 Å². The quantitative estimate of drug-likeness (QED) is 0.351. The van der Waals surface area contributed by atoms with Gasteiger partial charge in [0.1, 0.15) is 11.8 Å². The maximum Gasteiger partial charge on any atom is 0.314 e. The van der Waals surface area contributed by atoms with Crippen molar-refractivity contribution in [1.29, 1.82) is 5.26 Å². The molecule has 168 valence electrons. The van der Waals surface area contributed by atoms with E-state index in [9.17, 15) is 14.4 Å². The van der Waals surface area contributed by atoms with E-state index in [1.807, 2.05) is 63.2 Å². The van der Waals surface area contributed by atoms with Gasteiger partial charge in [-0.2, -0.15) is 5.26 Å². The second kappa shape index (κ2) is 11.1. The van der Waals surface area contributed by atoms with E-state index in [4.69, 9.17) is 9.47 Å². The highest BCUT2D eigenvalue weighted by Crippen LogP contribution is 2.30. The van der Waals surface area contributed by atoms with Crippen LogP contribution in [0.4, 0.5) is 4.39 Å². The molecule has 0 bridgehead atoms. The van der Waals surface area contributed by atoms with Crippen LogP contribution >= 0.6 is 0 Å². The van der Waals surface area contributed by atoms with Crippen molar-refractivity contribution in [3.8, 4) is 17.6 Å². The van der Waals surface area contributed by atoms with Crippen LogP contribution in [0, 0.1) is 35.9 Å². The standard InChI is InChI=1S/C28H26FNO3/c1-19(2)24(15-13-21-11-9-20(3)10-12-21)28(31)33-27(18-30)22-14-16-25(29)26(17-22)32-23-7-5-4-6-8-23/h4-17,19,24,27H,1-3H3. The SMILES string of the molecule is Cc1ccc(C=CC(C(=O)OC(C#N)c2ccc(F)c(Oc3ccccc3)c2)C(C)C)cc1. The first kappa shape index (κ1) is 23.7. The number of hydrogen-bond donors (Lipinski definition) is 0. The molecule has 0 saturated carbocycles. The molecule has 0 heterocycles. The predicted octanol–water partition coefficient (Wildman–Crippen LogP) is 7.02. The largest absolute Gasteiger partial charge is 0.454 e. The number of hydrogen-bond acceptors (Lipinski definition) is 4. The second-order valence-corrected chi connectivity index (χ2v) is 8.09. The number of ether oxygens (including phenoxy) is 2. The van der Waals surface area contributed by atoms with E-state index in [0.29, 0.717) is 11.3 Å². The van der Waals surface area contributed by atoms with E-state index >= 15 is 0 Å². The number of nitrogens with zero attached hydrogens (tertiary/aromatic N) is 1. The Kier molecular flexibility index (Phi) is 7.99. The van der Waals surface area contributed by atoms with E-state index in [0.717, 1.165) is 11.1 Å². The maximum absolute atomic E-state index is 14.3. The highest BCUT2D eigenvalue weighted by atomic mass is 19.1. The minimum Gasteiger partial charge on any atom is -0.454 e. The first-order chi connectivity index (χ1) is 15.9. The van der Waals surface area contributed by atoms with Crippen LogP contribution < -0.4 is 4.74 Å². The third-order valence-corrected chi connectivity index (χ3v) is 5.14. The zero-order valence-corrected chi connectivity index (χ0v) is 18.9. The Hall–Kier alpha value is -3.91. The summed E-state index contributed by atoms with van der Waals surface area (Å²) < 4.78 is 25.4. The number of aryl methyl sites for hydroxylation is 1. The van der Waals surface area contributed by atoms with Gasteiger partial charge in [0.05, 0.1) is 5.92 Å². The minimum atomic E-state index is -1.19. The highest BCUT2D eigenvalue weighted by molar-refractivity contribution is 5.76. The van der Waals surface area contributed by atoms with Crippen molar-refractivity contribution in [2.45, 2.75) is 26.9 Å². The average molecular weight is 444 g/mol. The molecule has 0 aliphatic carbocycles. The average Bonchev–Trinajstić information content (AvgIpc) is 2.81. The van der Waals surface area contributed by atoms with Crippen LogP contribution in [0.15, 0.2) is 78.9 Å². The molecule has 0 fully saturated rings. The molecule has 0 spiro atoms. The van der Waals surface area contributed by atoms with Crippen LogP contribution in [0.1, 0.15) is 36.6 Å². The third kappa shape index (κ3) is 6.54. The van der Waals surface area contributed by atoms with Gasteiger partial charge in [0, 0.05) is 5.56 Å². The molecular formula is C28H26FNO3. The van der Waals surface area contributed by atoms with Gasteiger partial charge >= 0.3 is 5.97 Å². The Labute approximate surface area is 193 Å². The molecule has 33 heavy (non-hydrogen) atoms. The van der Waals surface area contributed by atoms with E-state index in [2.05, 4.69) is 0 Å². The summed E-state index contributed by atoms with van der Waals surface area (Å²) in [7, 11) is 0. The Bertz CT molecular complexity index is 1150. The summed E-state index contributed by atoms with van der Waals surface area (Å²) in [5, 5.41) is 9.65. The molecular weight excluding hydrogens is 417 g/mol. The number of carbonyl (C=O) groups is 1. The van der Waals surface area contributed by atoms with Gasteiger partial charge in [0.2, 0.25) is 6.10 Å². The van der Waals surface area contributed by atoms with Crippen LogP contribution in [0.5, 0.6) is 11.5 Å². The number of benzene rings is 3. The van der Waals surface area contributed by atoms with Gasteiger partial charge < -0.3 is 9.47 Å². The summed E-state index contributed by atoms with van der Waals surface area (Å²) >= 11 is 0. The van der Waals surface area contributed by atoms with E-state index in [1.54, 1.807) is 30.3 Å². The van der Waals surface area contributed by atoms with Crippen molar-refractivity contribution in [2.75, 3.05) is 0 Å². The Balaban J connectivity index is 1.77. The molecule has 3 aromatic carbocycles. The van der Waals surface area contributed by atoms with Gasteiger partial charge in [0.15, 0.2) is 11.6 Å². The minimum absolute atomic E-state index is 0.0382. The molecule has 3 rings (SSSR count). The molecule has 2 unspecified atom stereocenters. The first-order valence-electron chi connectivity index (χ1n) is 10.7. The van der Waals surface area contributed by atoms with Crippen molar-refractivity contribution < 1.29 is 18.7 Å². The Morgan fingerprint density at radius 1 is 1.03 bits per heavy atom. The molecule has 0 amide bonds. The lowest BCUT2D eigenvalue weighted by atomic mass is 9.94. The summed E-state index contributed by atoms with van der Waals surface area (Å²) in [5.74, 6) is -1.26. The van der Waals surface area contributed by atoms with Crippen LogP contribution in [0.2, 0.25) is 0 Å². The van der Waals surface area contributed by atoms with Crippen LogP contribution in [-0.2, 0) is 9.53 Å². The summed E-state index contributed by atoms with van der Waals surface area (Å²) in [4.78, 5) is 12.9. The molecule has 0 aliphatic rings. The fourth-order valence-corrected chi connectivity index (χ4v) is 3.21. The highest BCUT2D eigenvalue weighted by Gasteiger charge is 2.26. The zero-order chi connectivity index (χ0) is 23.8. The summed E-state index contributed by atoms with van der Waals surface area (Å²) in [6.45, 7) is 5.84. The van der Waals surface area contributed by atoms with Gasteiger partial charge in [-0.05, 0) is 42.7 Å². The third-order valence-electron chi connectivity index (χ3n) is 5.14. The van der Waals surface area contributed by atoms with Gasteiger partial charge in [0.25, 0.3) is 0 Å². The number of rotatable bonds is 8. The fourth-order valence-electron chi connectivity index (χ4n) is 3.21. The molecule has 0 saturated heterocycles. The smallest absolute Gasteiger partial charge is 0.314 e. The lowest BCUT2D eigenvalue weighted by Gasteiger charge is -2.19. The summed E-state index contributed by atoms with van der Waals surface area (Å²) in [5.41, 5.74) is 2.46. The summed E-state index contributed by atoms with van der Waals surface area (Å²) in [6, 6.07) is 22.7. The van der Waals surface area contributed by atoms with Crippen molar-refractivity contribution in [1.82, 2.24) is 0 Å². The molecule has 0 aromatic heterocycles.